The molecule has 0 saturated carbocycles. The SMILES string of the molecule is COC(=O)C(N)CCN1CCC(OC)C1. The standard InChI is InChI=1S/C10H20N2O3/c1-14-8-3-5-12(7-8)6-4-9(11)10(13)15-2/h8-9H,3-7,11H2,1-2H3. The van der Waals surface area contributed by atoms with Crippen molar-refractivity contribution in [3.8, 4) is 0 Å². The Morgan fingerprint density at radius 3 is 2.87 bits per heavy atom. The van der Waals surface area contributed by atoms with Gasteiger partial charge in [-0.15, -0.1) is 0 Å². The summed E-state index contributed by atoms with van der Waals surface area (Å²) in [7, 11) is 3.09. The van der Waals surface area contributed by atoms with Gasteiger partial charge in [-0.2, -0.15) is 0 Å². The zero-order valence-electron chi connectivity index (χ0n) is 9.44. The Balaban J connectivity index is 2.18. The van der Waals surface area contributed by atoms with E-state index >= 15 is 0 Å². The first kappa shape index (κ1) is 12.4. The summed E-state index contributed by atoms with van der Waals surface area (Å²) < 4.78 is 9.81. The number of nitrogens with two attached hydrogens (primary N) is 1. The van der Waals surface area contributed by atoms with Gasteiger partial charge in [-0.1, -0.05) is 0 Å². The van der Waals surface area contributed by atoms with E-state index in [0.29, 0.717) is 12.5 Å². The van der Waals surface area contributed by atoms with Crippen molar-refractivity contribution in [3.05, 3.63) is 0 Å². The van der Waals surface area contributed by atoms with Crippen LogP contribution in [0.1, 0.15) is 12.8 Å². The second-order valence-electron chi connectivity index (χ2n) is 3.87. The smallest absolute Gasteiger partial charge is 0.322 e. The predicted molar refractivity (Wildman–Crippen MR) is 56.5 cm³/mol. The van der Waals surface area contributed by atoms with E-state index in [9.17, 15) is 4.79 Å². The van der Waals surface area contributed by atoms with E-state index in [4.69, 9.17) is 10.5 Å². The fraction of sp³-hybridized carbons (Fsp3) is 0.900. The first-order valence-electron chi connectivity index (χ1n) is 5.26. The second-order valence-corrected chi connectivity index (χ2v) is 3.87. The molecule has 1 heterocycles. The number of esters is 1. The summed E-state index contributed by atoms with van der Waals surface area (Å²) in [5.41, 5.74) is 5.64. The molecule has 1 fully saturated rings. The maximum atomic E-state index is 11.0. The maximum Gasteiger partial charge on any atom is 0.322 e. The fourth-order valence-corrected chi connectivity index (χ4v) is 1.78. The molecule has 0 bridgehead atoms. The predicted octanol–water partition coefficient (Wildman–Crippen LogP) is -0.402. The Morgan fingerprint density at radius 2 is 2.33 bits per heavy atom. The summed E-state index contributed by atoms with van der Waals surface area (Å²) in [6, 6.07) is -0.503. The molecule has 0 aromatic rings. The van der Waals surface area contributed by atoms with Gasteiger partial charge in [0.15, 0.2) is 0 Å². The minimum absolute atomic E-state index is 0.333. The molecule has 1 rings (SSSR count). The van der Waals surface area contributed by atoms with Gasteiger partial charge in [0.25, 0.3) is 0 Å². The molecule has 2 unspecified atom stereocenters. The van der Waals surface area contributed by atoms with Crippen LogP contribution in [-0.2, 0) is 14.3 Å². The molecule has 0 aliphatic carbocycles. The molecule has 0 amide bonds. The molecule has 5 heteroatoms. The first-order chi connectivity index (χ1) is 7.17. The first-order valence-corrected chi connectivity index (χ1v) is 5.26. The van der Waals surface area contributed by atoms with Crippen molar-refractivity contribution in [1.29, 1.82) is 0 Å². The van der Waals surface area contributed by atoms with Crippen molar-refractivity contribution < 1.29 is 14.3 Å². The summed E-state index contributed by atoms with van der Waals surface area (Å²) in [4.78, 5) is 13.3. The van der Waals surface area contributed by atoms with Gasteiger partial charge < -0.3 is 20.1 Å². The third-order valence-corrected chi connectivity index (χ3v) is 2.82. The van der Waals surface area contributed by atoms with Crippen LogP contribution in [0.25, 0.3) is 0 Å². The maximum absolute atomic E-state index is 11.0. The van der Waals surface area contributed by atoms with Gasteiger partial charge in [0, 0.05) is 26.7 Å². The van der Waals surface area contributed by atoms with E-state index in [-0.39, 0.29) is 5.97 Å². The van der Waals surface area contributed by atoms with E-state index in [2.05, 4.69) is 9.64 Å². The molecule has 1 aliphatic rings. The number of nitrogens with zero attached hydrogens (tertiary/aromatic N) is 1. The lowest BCUT2D eigenvalue weighted by Crippen LogP contribution is -2.36. The van der Waals surface area contributed by atoms with E-state index < -0.39 is 6.04 Å². The number of hydrogen-bond acceptors (Lipinski definition) is 5. The Hall–Kier alpha value is -0.650. The molecule has 0 spiro atoms. The van der Waals surface area contributed by atoms with Crippen LogP contribution < -0.4 is 5.73 Å². The minimum atomic E-state index is -0.503. The lowest BCUT2D eigenvalue weighted by atomic mass is 10.2. The zero-order valence-corrected chi connectivity index (χ0v) is 9.44. The number of likely N-dealkylation sites (tertiary alicyclic amines) is 1. The van der Waals surface area contributed by atoms with Crippen LogP contribution in [0, 0.1) is 0 Å². The van der Waals surface area contributed by atoms with Crippen LogP contribution in [0.3, 0.4) is 0 Å². The lowest BCUT2D eigenvalue weighted by molar-refractivity contribution is -0.142. The molecule has 2 atom stereocenters. The quantitative estimate of drug-likeness (QED) is 0.633. The van der Waals surface area contributed by atoms with Gasteiger partial charge in [-0.25, -0.2) is 0 Å². The van der Waals surface area contributed by atoms with Gasteiger partial charge in [0.05, 0.1) is 13.2 Å². The third-order valence-electron chi connectivity index (χ3n) is 2.82. The molecule has 88 valence electrons. The number of rotatable bonds is 5. The summed E-state index contributed by atoms with van der Waals surface area (Å²) in [6.45, 7) is 2.78. The normalized spacial score (nSPS) is 24.1. The Kier molecular flexibility index (Phi) is 5.01. The molecule has 15 heavy (non-hydrogen) atoms. The highest BCUT2D eigenvalue weighted by molar-refractivity contribution is 5.75. The van der Waals surface area contributed by atoms with Crippen molar-refractivity contribution in [3.63, 3.8) is 0 Å². The number of carbonyl (C=O) groups is 1. The Bertz CT molecular complexity index is 211. The summed E-state index contributed by atoms with van der Waals surface area (Å²) in [5.74, 6) is -0.336. The highest BCUT2D eigenvalue weighted by Gasteiger charge is 2.23. The number of methoxy groups -OCH3 is 2. The van der Waals surface area contributed by atoms with Crippen molar-refractivity contribution in [2.45, 2.75) is 25.0 Å². The average Bonchev–Trinajstić information content (AvgIpc) is 2.72. The van der Waals surface area contributed by atoms with Gasteiger partial charge in [-0.05, 0) is 12.8 Å². The highest BCUT2D eigenvalue weighted by Crippen LogP contribution is 2.12. The Morgan fingerprint density at radius 1 is 1.60 bits per heavy atom. The molecule has 5 nitrogen and oxygen atoms in total. The van der Waals surface area contributed by atoms with Gasteiger partial charge in [0.2, 0.25) is 0 Å². The van der Waals surface area contributed by atoms with Crippen LogP contribution in [0.4, 0.5) is 0 Å². The van der Waals surface area contributed by atoms with E-state index in [1.54, 1.807) is 7.11 Å². The topological polar surface area (TPSA) is 64.8 Å². The van der Waals surface area contributed by atoms with Crippen LogP contribution in [0.5, 0.6) is 0 Å². The minimum Gasteiger partial charge on any atom is -0.468 e. The van der Waals surface area contributed by atoms with E-state index in [1.807, 2.05) is 0 Å². The number of hydrogen-bond donors (Lipinski definition) is 1. The monoisotopic (exact) mass is 216 g/mol. The fourth-order valence-electron chi connectivity index (χ4n) is 1.78. The summed E-state index contributed by atoms with van der Waals surface area (Å²) in [6.07, 6.45) is 2.03. The van der Waals surface area contributed by atoms with Gasteiger partial charge >= 0.3 is 5.97 Å². The summed E-state index contributed by atoms with van der Waals surface area (Å²) in [5, 5.41) is 0. The van der Waals surface area contributed by atoms with Crippen molar-refractivity contribution in [2.24, 2.45) is 5.73 Å². The van der Waals surface area contributed by atoms with Crippen LogP contribution in [-0.4, -0.2) is 56.9 Å². The van der Waals surface area contributed by atoms with Gasteiger partial charge in [0.1, 0.15) is 6.04 Å². The van der Waals surface area contributed by atoms with Gasteiger partial charge in [-0.3, -0.25) is 4.79 Å². The van der Waals surface area contributed by atoms with E-state index in [0.717, 1.165) is 26.1 Å². The number of carbonyl (C=O) groups excluding carboxylic acids is 1. The molecule has 0 aromatic carbocycles. The largest absolute Gasteiger partial charge is 0.468 e. The third kappa shape index (κ3) is 3.77. The van der Waals surface area contributed by atoms with Crippen molar-refractivity contribution >= 4 is 5.97 Å². The van der Waals surface area contributed by atoms with E-state index in [1.165, 1.54) is 7.11 Å². The highest BCUT2D eigenvalue weighted by atomic mass is 16.5. The van der Waals surface area contributed by atoms with Crippen LogP contribution in [0.2, 0.25) is 0 Å². The molecule has 1 aliphatic heterocycles. The zero-order chi connectivity index (χ0) is 11.3. The molecule has 0 aromatic heterocycles. The number of ether oxygens (including phenoxy) is 2. The van der Waals surface area contributed by atoms with Crippen LogP contribution in [0.15, 0.2) is 0 Å². The average molecular weight is 216 g/mol. The summed E-state index contributed by atoms with van der Waals surface area (Å²) >= 11 is 0. The molecular formula is C10H20N2O3. The van der Waals surface area contributed by atoms with Crippen molar-refractivity contribution in [2.75, 3.05) is 33.9 Å². The Labute approximate surface area is 90.5 Å². The van der Waals surface area contributed by atoms with Crippen molar-refractivity contribution in [1.82, 2.24) is 4.90 Å². The van der Waals surface area contributed by atoms with Crippen LogP contribution >= 0.6 is 0 Å². The molecule has 2 N–H and O–H groups in total. The molecule has 0 radical (unpaired) electrons. The second kappa shape index (κ2) is 6.05. The molecule has 1 saturated heterocycles. The molecular weight excluding hydrogens is 196 g/mol. The lowest BCUT2D eigenvalue weighted by Gasteiger charge is -2.17.